The molecule has 0 bridgehead atoms. The minimum atomic E-state index is 0.671. The third-order valence-corrected chi connectivity index (χ3v) is 7.37. The third-order valence-electron chi connectivity index (χ3n) is 7.37. The molecule has 0 fully saturated rings. The summed E-state index contributed by atoms with van der Waals surface area (Å²) in [5.41, 5.74) is 8.91. The molecule has 2 aromatic heterocycles. The summed E-state index contributed by atoms with van der Waals surface area (Å²) in [6.07, 6.45) is 6.17. The Balaban J connectivity index is 1.70. The number of fused-ring (bicyclic) bond motifs is 7. The van der Waals surface area contributed by atoms with E-state index in [0.717, 1.165) is 16.7 Å². The van der Waals surface area contributed by atoms with E-state index in [4.69, 9.17) is 0 Å². The van der Waals surface area contributed by atoms with Crippen LogP contribution < -0.4 is 0 Å². The number of hydrogen-bond donors (Lipinski definition) is 0. The van der Waals surface area contributed by atoms with E-state index in [1.54, 1.807) is 0 Å². The van der Waals surface area contributed by atoms with Gasteiger partial charge in [0, 0.05) is 21.5 Å². The van der Waals surface area contributed by atoms with E-state index in [-0.39, 0.29) is 0 Å². The molecule has 0 unspecified atom stereocenters. The van der Waals surface area contributed by atoms with Crippen LogP contribution in [-0.4, -0.2) is 4.40 Å². The highest BCUT2D eigenvalue weighted by Gasteiger charge is 2.20. The number of hydrogen-bond acceptors (Lipinski definition) is 1. The first-order chi connectivity index (χ1) is 17.7. The highest BCUT2D eigenvalue weighted by molar-refractivity contribution is 6.26. The molecule has 5 aromatic carbocycles. The Morgan fingerprint density at radius 2 is 1.39 bits per heavy atom. The highest BCUT2D eigenvalue weighted by atomic mass is 14.9. The molecule has 0 N–H and O–H groups in total. The number of nitriles is 1. The Morgan fingerprint density at radius 1 is 0.722 bits per heavy atom. The van der Waals surface area contributed by atoms with Crippen molar-refractivity contribution in [1.29, 1.82) is 5.26 Å². The first-order valence-corrected chi connectivity index (χ1v) is 12.2. The maximum atomic E-state index is 9.26. The van der Waals surface area contributed by atoms with Gasteiger partial charge in [-0.2, -0.15) is 5.26 Å². The number of rotatable bonds is 3. The lowest BCUT2D eigenvalue weighted by Gasteiger charge is -2.06. The number of aromatic nitrogens is 1. The zero-order valence-corrected chi connectivity index (χ0v) is 19.9. The first kappa shape index (κ1) is 20.5. The first-order valence-electron chi connectivity index (χ1n) is 12.2. The average molecular weight is 459 g/mol. The van der Waals surface area contributed by atoms with E-state index < -0.39 is 0 Å². The molecule has 2 heteroatoms. The van der Waals surface area contributed by atoms with Crippen LogP contribution in [0, 0.1) is 11.3 Å². The van der Waals surface area contributed by atoms with Gasteiger partial charge < -0.3 is 4.40 Å². The molecule has 7 rings (SSSR count). The second-order valence-corrected chi connectivity index (χ2v) is 9.36. The lowest BCUT2D eigenvalue weighted by molar-refractivity contribution is 1.37. The topological polar surface area (TPSA) is 28.2 Å². The van der Waals surface area contributed by atoms with Crippen molar-refractivity contribution in [2.75, 3.05) is 0 Å². The van der Waals surface area contributed by atoms with Crippen LogP contribution in [0.4, 0.5) is 0 Å². The van der Waals surface area contributed by atoms with Gasteiger partial charge in [-0.3, -0.25) is 0 Å². The zero-order chi connectivity index (χ0) is 24.4. The summed E-state index contributed by atoms with van der Waals surface area (Å²) in [7, 11) is 0. The predicted molar refractivity (Wildman–Crippen MR) is 154 cm³/mol. The molecule has 36 heavy (non-hydrogen) atoms. The second kappa shape index (κ2) is 7.57. The molecule has 0 aliphatic heterocycles. The molecule has 0 atom stereocenters. The molecule has 2 heterocycles. The Labute approximate surface area is 209 Å². The molecule has 0 aliphatic carbocycles. The third kappa shape index (κ3) is 2.78. The number of allylic oxidation sites excluding steroid dienone is 1. The van der Waals surface area contributed by atoms with E-state index in [0.29, 0.717) is 5.56 Å². The van der Waals surface area contributed by atoms with Crippen LogP contribution in [0.5, 0.6) is 0 Å². The van der Waals surface area contributed by atoms with Crippen LogP contribution in [0.3, 0.4) is 0 Å². The minimum Gasteiger partial charge on any atom is -0.308 e. The average Bonchev–Trinajstić information content (AvgIpc) is 3.41. The van der Waals surface area contributed by atoms with Gasteiger partial charge in [-0.05, 0) is 88.5 Å². The lowest BCUT2D eigenvalue weighted by Crippen LogP contribution is -1.85. The molecule has 7 aromatic rings. The monoisotopic (exact) mass is 458 g/mol. The van der Waals surface area contributed by atoms with E-state index >= 15 is 0 Å². The van der Waals surface area contributed by atoms with Crippen molar-refractivity contribution < 1.29 is 0 Å². The molecular formula is C34H22N2. The molecule has 0 amide bonds. The van der Waals surface area contributed by atoms with Crippen LogP contribution in [-0.2, 0) is 0 Å². The van der Waals surface area contributed by atoms with Crippen LogP contribution in [0.1, 0.15) is 23.6 Å². The normalized spacial score (nSPS) is 12.0. The van der Waals surface area contributed by atoms with E-state index in [9.17, 15) is 5.26 Å². The van der Waals surface area contributed by atoms with Crippen molar-refractivity contribution in [3.63, 3.8) is 0 Å². The maximum absolute atomic E-state index is 9.26. The van der Waals surface area contributed by atoms with E-state index in [2.05, 4.69) is 89.9 Å². The second-order valence-electron chi connectivity index (χ2n) is 9.36. The van der Waals surface area contributed by atoms with Gasteiger partial charge in [-0.25, -0.2) is 0 Å². The van der Waals surface area contributed by atoms with Crippen LogP contribution in [0.25, 0.3) is 72.1 Å². The van der Waals surface area contributed by atoms with Crippen LogP contribution in [0.15, 0.2) is 97.6 Å². The zero-order valence-electron chi connectivity index (χ0n) is 19.9. The Kier molecular flexibility index (Phi) is 4.31. The summed E-state index contributed by atoms with van der Waals surface area (Å²) in [5.74, 6) is 0. The van der Waals surface area contributed by atoms with Gasteiger partial charge in [0.05, 0.1) is 28.2 Å². The summed E-state index contributed by atoms with van der Waals surface area (Å²) in [5, 5.41) is 16.7. The number of nitrogens with zero attached hydrogens (tertiary/aromatic N) is 2. The molecule has 2 nitrogen and oxygen atoms in total. The van der Waals surface area contributed by atoms with Gasteiger partial charge in [0.1, 0.15) is 0 Å². The van der Waals surface area contributed by atoms with Gasteiger partial charge in [-0.1, -0.05) is 61.2 Å². The van der Waals surface area contributed by atoms with Crippen molar-refractivity contribution in [3.05, 3.63) is 114 Å². The SMILES string of the molecule is C=Cc1cc2c3cc(-c4ccc(C#N)cc4)cc4c5cc6ccccc6cc5n(c2cc1/C=C\C)c34. The minimum absolute atomic E-state index is 0.671. The maximum Gasteiger partial charge on any atom is 0.0991 e. The molecule has 0 radical (unpaired) electrons. The summed E-state index contributed by atoms with van der Waals surface area (Å²) < 4.78 is 2.43. The molecule has 0 saturated carbocycles. The molecule has 0 saturated heterocycles. The van der Waals surface area contributed by atoms with Crippen molar-refractivity contribution in [1.82, 2.24) is 4.40 Å². The smallest absolute Gasteiger partial charge is 0.0991 e. The summed E-state index contributed by atoms with van der Waals surface area (Å²) >= 11 is 0. The van der Waals surface area contributed by atoms with Crippen molar-refractivity contribution in [2.24, 2.45) is 0 Å². The van der Waals surface area contributed by atoms with Gasteiger partial charge in [-0.15, -0.1) is 0 Å². The Hall–Kier alpha value is -4.87. The fourth-order valence-electron chi connectivity index (χ4n) is 5.71. The highest BCUT2D eigenvalue weighted by Crippen LogP contribution is 2.43. The van der Waals surface area contributed by atoms with E-state index in [1.807, 2.05) is 37.3 Å². The summed E-state index contributed by atoms with van der Waals surface area (Å²) in [6, 6.07) is 32.5. The van der Waals surface area contributed by atoms with Crippen LogP contribution >= 0.6 is 0 Å². The predicted octanol–water partition coefficient (Wildman–Crippen LogP) is 9.20. The van der Waals surface area contributed by atoms with Crippen LogP contribution in [0.2, 0.25) is 0 Å². The molecular weight excluding hydrogens is 436 g/mol. The standard InChI is InChI=1S/C34H22N2/c1-3-7-24-18-32-28(14-22(24)4-2)30-16-27(23-12-10-21(20-35)11-13-23)17-31-29-15-25-8-5-6-9-26(25)19-33(29)36(32)34(30)31/h3-19H,2H2,1H3/b7-3-. The van der Waals surface area contributed by atoms with Crippen molar-refractivity contribution in [3.8, 4) is 17.2 Å². The summed E-state index contributed by atoms with van der Waals surface area (Å²) in [6.45, 7) is 6.13. The van der Waals surface area contributed by atoms with E-state index in [1.165, 1.54) is 54.4 Å². The molecule has 0 aliphatic rings. The lowest BCUT2D eigenvalue weighted by atomic mass is 9.97. The largest absolute Gasteiger partial charge is 0.308 e. The fourth-order valence-corrected chi connectivity index (χ4v) is 5.71. The molecule has 0 spiro atoms. The summed E-state index contributed by atoms with van der Waals surface area (Å²) in [4.78, 5) is 0. The number of benzene rings is 5. The Bertz CT molecular complexity index is 2060. The quantitative estimate of drug-likeness (QED) is 0.259. The molecule has 168 valence electrons. The fraction of sp³-hybridized carbons (Fsp3) is 0.0294. The van der Waals surface area contributed by atoms with Crippen molar-refractivity contribution >= 4 is 61.0 Å². The Morgan fingerprint density at radius 3 is 2.06 bits per heavy atom. The van der Waals surface area contributed by atoms with Gasteiger partial charge in [0.15, 0.2) is 0 Å². The van der Waals surface area contributed by atoms with Crippen molar-refractivity contribution in [2.45, 2.75) is 6.92 Å². The van der Waals surface area contributed by atoms with Gasteiger partial charge in [0.25, 0.3) is 0 Å². The van der Waals surface area contributed by atoms with Gasteiger partial charge >= 0.3 is 0 Å². The van der Waals surface area contributed by atoms with Gasteiger partial charge in [0.2, 0.25) is 0 Å².